The SMILES string of the molecule is Cc1oc(Br)cc1-c1nn(C)c(N)c1F. The number of aromatic nitrogens is 2. The maximum Gasteiger partial charge on any atom is 0.192 e. The number of aryl methyl sites for hydroxylation is 2. The predicted octanol–water partition coefficient (Wildman–Crippen LogP) is 2.47. The van der Waals surface area contributed by atoms with Crippen molar-refractivity contribution in [3.63, 3.8) is 0 Å². The summed E-state index contributed by atoms with van der Waals surface area (Å²) in [5, 5.41) is 3.99. The second-order valence-electron chi connectivity index (χ2n) is 3.19. The van der Waals surface area contributed by atoms with Crippen LogP contribution in [0.25, 0.3) is 11.3 Å². The van der Waals surface area contributed by atoms with Gasteiger partial charge in [0.1, 0.15) is 11.5 Å². The zero-order valence-electron chi connectivity index (χ0n) is 8.21. The highest BCUT2D eigenvalue weighted by Crippen LogP contribution is 2.31. The Kier molecular flexibility index (Phi) is 2.30. The fourth-order valence-corrected chi connectivity index (χ4v) is 1.84. The molecule has 0 fully saturated rings. The number of nitrogen functional groups attached to an aromatic ring is 1. The molecule has 0 spiro atoms. The fourth-order valence-electron chi connectivity index (χ4n) is 1.36. The standard InChI is InChI=1S/C9H9BrFN3O/c1-4-5(3-6(10)15-4)8-7(11)9(12)14(2)13-8/h3H,12H2,1-2H3. The van der Waals surface area contributed by atoms with Crippen LogP contribution in [0.5, 0.6) is 0 Å². The van der Waals surface area contributed by atoms with Gasteiger partial charge in [0.25, 0.3) is 0 Å². The average molecular weight is 274 g/mol. The quantitative estimate of drug-likeness (QED) is 0.869. The van der Waals surface area contributed by atoms with Crippen molar-refractivity contribution in [1.29, 1.82) is 0 Å². The van der Waals surface area contributed by atoms with E-state index in [1.807, 2.05) is 0 Å². The first-order valence-corrected chi connectivity index (χ1v) is 5.04. The van der Waals surface area contributed by atoms with Gasteiger partial charge in [0.05, 0.1) is 0 Å². The molecule has 80 valence electrons. The van der Waals surface area contributed by atoms with Crippen LogP contribution in [0.1, 0.15) is 5.76 Å². The Morgan fingerprint density at radius 3 is 2.67 bits per heavy atom. The molecule has 0 bridgehead atoms. The van der Waals surface area contributed by atoms with Crippen molar-refractivity contribution in [3.8, 4) is 11.3 Å². The van der Waals surface area contributed by atoms with E-state index in [0.717, 1.165) is 0 Å². The number of hydrogen-bond donors (Lipinski definition) is 1. The van der Waals surface area contributed by atoms with Crippen LogP contribution >= 0.6 is 15.9 Å². The van der Waals surface area contributed by atoms with Crippen molar-refractivity contribution in [2.24, 2.45) is 7.05 Å². The first-order valence-electron chi connectivity index (χ1n) is 4.25. The molecule has 0 aliphatic rings. The molecule has 6 heteroatoms. The number of hydrogen-bond acceptors (Lipinski definition) is 3. The second-order valence-corrected chi connectivity index (χ2v) is 3.97. The molecule has 2 heterocycles. The highest BCUT2D eigenvalue weighted by molar-refractivity contribution is 9.10. The minimum Gasteiger partial charge on any atom is -0.454 e. The third-order valence-corrected chi connectivity index (χ3v) is 2.57. The Labute approximate surface area is 94.0 Å². The number of furan rings is 1. The molecule has 2 aromatic rings. The van der Waals surface area contributed by atoms with E-state index in [2.05, 4.69) is 21.0 Å². The van der Waals surface area contributed by atoms with Crippen molar-refractivity contribution in [1.82, 2.24) is 9.78 Å². The fraction of sp³-hybridized carbons (Fsp3) is 0.222. The number of nitrogens with zero attached hydrogens (tertiary/aromatic N) is 2. The Balaban J connectivity index is 2.64. The van der Waals surface area contributed by atoms with Gasteiger partial charge in [0, 0.05) is 18.7 Å². The van der Waals surface area contributed by atoms with Gasteiger partial charge in [-0.25, -0.2) is 9.07 Å². The number of rotatable bonds is 1. The lowest BCUT2D eigenvalue weighted by Gasteiger charge is -1.91. The zero-order valence-corrected chi connectivity index (χ0v) is 9.80. The third kappa shape index (κ3) is 1.54. The van der Waals surface area contributed by atoms with Gasteiger partial charge >= 0.3 is 0 Å². The van der Waals surface area contributed by atoms with E-state index in [1.54, 1.807) is 20.0 Å². The summed E-state index contributed by atoms with van der Waals surface area (Å²) in [7, 11) is 1.59. The molecule has 0 aliphatic carbocycles. The van der Waals surface area contributed by atoms with E-state index in [9.17, 15) is 4.39 Å². The molecule has 0 radical (unpaired) electrons. The molecule has 2 N–H and O–H groups in total. The Morgan fingerprint density at radius 2 is 2.27 bits per heavy atom. The number of nitrogens with two attached hydrogens (primary N) is 1. The van der Waals surface area contributed by atoms with Crippen molar-refractivity contribution in [3.05, 3.63) is 22.3 Å². The van der Waals surface area contributed by atoms with Crippen LogP contribution in [-0.4, -0.2) is 9.78 Å². The molecule has 0 saturated carbocycles. The predicted molar refractivity (Wildman–Crippen MR) is 57.7 cm³/mol. The van der Waals surface area contributed by atoms with Gasteiger partial charge in [-0.05, 0) is 22.9 Å². The van der Waals surface area contributed by atoms with Crippen LogP contribution in [0.2, 0.25) is 0 Å². The maximum absolute atomic E-state index is 13.6. The second kappa shape index (κ2) is 3.37. The lowest BCUT2D eigenvalue weighted by atomic mass is 10.2. The zero-order chi connectivity index (χ0) is 11.2. The summed E-state index contributed by atoms with van der Waals surface area (Å²) in [5.74, 6) is 0.0921. The minimum atomic E-state index is -0.520. The summed E-state index contributed by atoms with van der Waals surface area (Å²) in [4.78, 5) is 0. The van der Waals surface area contributed by atoms with Crippen LogP contribution in [0.15, 0.2) is 15.2 Å². The molecule has 2 aromatic heterocycles. The van der Waals surface area contributed by atoms with E-state index in [0.29, 0.717) is 16.0 Å². The normalized spacial score (nSPS) is 10.9. The molecule has 0 unspecified atom stereocenters. The monoisotopic (exact) mass is 273 g/mol. The summed E-state index contributed by atoms with van der Waals surface area (Å²) in [6, 6.07) is 1.67. The maximum atomic E-state index is 13.6. The highest BCUT2D eigenvalue weighted by atomic mass is 79.9. The van der Waals surface area contributed by atoms with Crippen molar-refractivity contribution in [2.45, 2.75) is 6.92 Å². The van der Waals surface area contributed by atoms with Gasteiger partial charge in [-0.1, -0.05) is 0 Å². The molecule has 0 saturated heterocycles. The van der Waals surface area contributed by atoms with Crippen LogP contribution in [-0.2, 0) is 7.05 Å². The van der Waals surface area contributed by atoms with Gasteiger partial charge in [0.2, 0.25) is 0 Å². The smallest absolute Gasteiger partial charge is 0.192 e. The minimum absolute atomic E-state index is 0.0155. The summed E-state index contributed by atoms with van der Waals surface area (Å²) in [6.07, 6.45) is 0. The molecular formula is C9H9BrFN3O. The van der Waals surface area contributed by atoms with Gasteiger partial charge in [-0.2, -0.15) is 5.10 Å². The van der Waals surface area contributed by atoms with Crippen molar-refractivity contribution < 1.29 is 8.81 Å². The van der Waals surface area contributed by atoms with Crippen LogP contribution in [0.3, 0.4) is 0 Å². The Morgan fingerprint density at radius 1 is 1.60 bits per heavy atom. The average Bonchev–Trinajstić information content (AvgIpc) is 2.61. The molecule has 15 heavy (non-hydrogen) atoms. The molecule has 2 rings (SSSR count). The topological polar surface area (TPSA) is 57.0 Å². The van der Waals surface area contributed by atoms with Crippen LogP contribution < -0.4 is 5.73 Å². The number of halogens is 2. The van der Waals surface area contributed by atoms with Gasteiger partial charge in [0.15, 0.2) is 16.3 Å². The lowest BCUT2D eigenvalue weighted by Crippen LogP contribution is -1.97. The Bertz CT molecular complexity index is 518. The molecule has 0 aromatic carbocycles. The van der Waals surface area contributed by atoms with Gasteiger partial charge in [-0.3, -0.25) is 0 Å². The van der Waals surface area contributed by atoms with E-state index in [1.165, 1.54) is 4.68 Å². The summed E-state index contributed by atoms with van der Waals surface area (Å²) in [5.41, 5.74) is 6.29. The molecular weight excluding hydrogens is 265 g/mol. The highest BCUT2D eigenvalue weighted by Gasteiger charge is 2.19. The third-order valence-electron chi connectivity index (χ3n) is 2.17. The summed E-state index contributed by atoms with van der Waals surface area (Å²) >= 11 is 3.18. The van der Waals surface area contributed by atoms with Crippen LogP contribution in [0.4, 0.5) is 10.2 Å². The Hall–Kier alpha value is -1.30. The van der Waals surface area contributed by atoms with Gasteiger partial charge < -0.3 is 10.2 Å². The summed E-state index contributed by atoms with van der Waals surface area (Å²) < 4.78 is 20.7. The molecule has 0 amide bonds. The van der Waals surface area contributed by atoms with Gasteiger partial charge in [-0.15, -0.1) is 0 Å². The van der Waals surface area contributed by atoms with Crippen LogP contribution in [0, 0.1) is 12.7 Å². The van der Waals surface area contributed by atoms with E-state index in [4.69, 9.17) is 10.2 Å². The van der Waals surface area contributed by atoms with Crippen molar-refractivity contribution in [2.75, 3.05) is 5.73 Å². The lowest BCUT2D eigenvalue weighted by molar-refractivity contribution is 0.510. The largest absolute Gasteiger partial charge is 0.454 e. The molecule has 0 atom stereocenters. The summed E-state index contributed by atoms with van der Waals surface area (Å²) in [6.45, 7) is 1.74. The number of anilines is 1. The van der Waals surface area contributed by atoms with E-state index < -0.39 is 5.82 Å². The molecule has 0 aliphatic heterocycles. The van der Waals surface area contributed by atoms with E-state index >= 15 is 0 Å². The first-order chi connectivity index (χ1) is 7.00. The first kappa shape index (κ1) is 10.2. The molecule has 4 nitrogen and oxygen atoms in total. The van der Waals surface area contributed by atoms with Crippen molar-refractivity contribution >= 4 is 21.7 Å². The van der Waals surface area contributed by atoms with E-state index in [-0.39, 0.29) is 11.5 Å².